The molecule has 0 saturated carbocycles. The Kier molecular flexibility index (Phi) is 9.80. The topological polar surface area (TPSA) is 157 Å². The van der Waals surface area contributed by atoms with Crippen molar-refractivity contribution in [3.63, 3.8) is 0 Å². The van der Waals surface area contributed by atoms with E-state index in [4.69, 9.17) is 0 Å². The van der Waals surface area contributed by atoms with Gasteiger partial charge in [0.1, 0.15) is 11.6 Å². The Balaban J connectivity index is 1.39. The van der Waals surface area contributed by atoms with Crippen LogP contribution in [0.25, 0.3) is 0 Å². The number of hydrogen-bond acceptors (Lipinski definition) is 7. The summed E-state index contributed by atoms with van der Waals surface area (Å²) in [6, 6.07) is 37.1. The number of phenolic OH excluding ortho intramolecular Hbond substituents is 4. The van der Waals surface area contributed by atoms with Gasteiger partial charge in [-0.05, 0) is 59.0 Å². The number of phenols is 4. The van der Waals surface area contributed by atoms with Crippen molar-refractivity contribution in [3.05, 3.63) is 173 Å². The van der Waals surface area contributed by atoms with Gasteiger partial charge >= 0.3 is 0 Å². The van der Waals surface area contributed by atoms with Gasteiger partial charge in [0, 0.05) is 30.4 Å². The first-order valence-electron chi connectivity index (χ1n) is 16.1. The van der Waals surface area contributed by atoms with Crippen LogP contribution >= 0.6 is 0 Å². The monoisotopic (exact) mass is 668 g/mol. The smallest absolute Gasteiger partial charge is 0.252 e. The lowest BCUT2D eigenvalue weighted by atomic mass is 9.76. The number of amides is 2. The van der Waals surface area contributed by atoms with Crippen molar-refractivity contribution < 1.29 is 30.0 Å². The second-order valence-electron chi connectivity index (χ2n) is 11.9. The summed E-state index contributed by atoms with van der Waals surface area (Å²) in [5, 5.41) is 45.1. The third kappa shape index (κ3) is 6.86. The van der Waals surface area contributed by atoms with E-state index in [1.807, 2.05) is 95.6 Å². The van der Waals surface area contributed by atoms with E-state index in [0.29, 0.717) is 17.7 Å². The van der Waals surface area contributed by atoms with Crippen LogP contribution in [0, 0.1) is 0 Å². The van der Waals surface area contributed by atoms with Crippen molar-refractivity contribution in [1.82, 2.24) is 20.2 Å². The summed E-state index contributed by atoms with van der Waals surface area (Å²) in [5.41, 5.74) is 3.36. The number of carbonyl (C=O) groups is 2. The Labute approximate surface area is 289 Å². The van der Waals surface area contributed by atoms with E-state index >= 15 is 0 Å². The lowest BCUT2D eigenvalue weighted by Gasteiger charge is -2.39. The molecule has 0 aliphatic heterocycles. The van der Waals surface area contributed by atoms with Gasteiger partial charge in [-0.25, -0.2) is 4.98 Å². The van der Waals surface area contributed by atoms with Gasteiger partial charge in [-0.3, -0.25) is 9.59 Å². The van der Waals surface area contributed by atoms with Crippen molar-refractivity contribution >= 4 is 11.8 Å². The van der Waals surface area contributed by atoms with Crippen molar-refractivity contribution in [1.29, 1.82) is 0 Å². The van der Waals surface area contributed by atoms with Crippen LogP contribution in [0.1, 0.15) is 38.3 Å². The van der Waals surface area contributed by atoms with Gasteiger partial charge < -0.3 is 35.6 Å². The fraction of sp³-hybridized carbons (Fsp3) is 0.125. The lowest BCUT2D eigenvalue weighted by molar-refractivity contribution is -0.122. The number of benzene rings is 5. The molecule has 10 heteroatoms. The van der Waals surface area contributed by atoms with Crippen LogP contribution in [0.5, 0.6) is 23.0 Å². The van der Waals surface area contributed by atoms with Gasteiger partial charge in [-0.15, -0.1) is 0 Å². The van der Waals surface area contributed by atoms with Crippen molar-refractivity contribution in [2.24, 2.45) is 0 Å². The van der Waals surface area contributed by atoms with E-state index < -0.39 is 29.1 Å². The van der Waals surface area contributed by atoms with Crippen LogP contribution in [0.15, 0.2) is 140 Å². The summed E-state index contributed by atoms with van der Waals surface area (Å²) in [7, 11) is 0. The fourth-order valence-electron chi connectivity index (χ4n) is 6.23. The normalized spacial score (nSPS) is 11.8. The molecule has 0 aliphatic rings. The summed E-state index contributed by atoms with van der Waals surface area (Å²) in [6.07, 6.45) is 3.80. The Morgan fingerprint density at radius 3 is 1.76 bits per heavy atom. The molecule has 0 radical (unpaired) electrons. The first-order chi connectivity index (χ1) is 24.3. The summed E-state index contributed by atoms with van der Waals surface area (Å²) < 4.78 is 2.03. The van der Waals surface area contributed by atoms with Gasteiger partial charge in [0.2, 0.25) is 5.91 Å². The Morgan fingerprint density at radius 1 is 0.680 bits per heavy atom. The minimum Gasteiger partial charge on any atom is -0.504 e. The molecular weight excluding hydrogens is 632 g/mol. The molecule has 2 amide bonds. The van der Waals surface area contributed by atoms with Crippen molar-refractivity contribution in [2.75, 3.05) is 6.54 Å². The van der Waals surface area contributed by atoms with Crippen LogP contribution in [0.3, 0.4) is 0 Å². The first-order valence-corrected chi connectivity index (χ1v) is 16.1. The molecular formula is C40H36N4O6. The molecule has 0 saturated heterocycles. The molecule has 6 aromatic rings. The Hall–Kier alpha value is -6.55. The molecule has 10 nitrogen and oxygen atoms in total. The standard InChI is InChI=1S/C40H36N4O6/c45-34-18-16-27(22-36(34)47)20-21-42-39(50)33(43-38(49)28-17-19-35(46)37(48)23-28)24-32-25-41-26-44(32)40(29-10-4-1-5-11-29,30-12-6-2-7-13-30)31-14-8-3-9-15-31/h1-19,22-23,25-26,33,45-48H,20-21,24H2,(H,42,50)(H,43,49)/t33-/m1/s1. The van der Waals surface area contributed by atoms with E-state index in [9.17, 15) is 30.0 Å². The highest BCUT2D eigenvalue weighted by Gasteiger charge is 2.40. The van der Waals surface area contributed by atoms with Crippen LogP contribution in [0.4, 0.5) is 0 Å². The van der Waals surface area contributed by atoms with E-state index in [0.717, 1.165) is 22.8 Å². The quantitative estimate of drug-likeness (QED) is 0.0769. The number of nitrogens with one attached hydrogen (secondary N) is 2. The highest BCUT2D eigenvalue weighted by atomic mass is 16.3. The number of hydrogen-bond donors (Lipinski definition) is 6. The Bertz CT molecular complexity index is 1990. The molecule has 0 unspecified atom stereocenters. The minimum atomic E-state index is -1.10. The van der Waals surface area contributed by atoms with Crippen molar-refractivity contribution in [2.45, 2.75) is 24.4 Å². The van der Waals surface area contributed by atoms with E-state index in [2.05, 4.69) is 15.6 Å². The summed E-state index contributed by atoms with van der Waals surface area (Å²) in [4.78, 5) is 32.0. The lowest BCUT2D eigenvalue weighted by Crippen LogP contribution is -2.49. The summed E-state index contributed by atoms with van der Waals surface area (Å²) in [6.45, 7) is 0.177. The SMILES string of the molecule is O=C(N[C@H](Cc1cncn1C(c1ccccc1)(c1ccccc1)c1ccccc1)C(=O)NCCc1ccc(O)c(O)c1)c1ccc(O)c(O)c1. The average Bonchev–Trinajstić information content (AvgIpc) is 3.60. The molecule has 50 heavy (non-hydrogen) atoms. The van der Waals surface area contributed by atoms with Crippen LogP contribution in [-0.2, 0) is 23.2 Å². The van der Waals surface area contributed by atoms with Crippen LogP contribution < -0.4 is 10.6 Å². The van der Waals surface area contributed by atoms with Gasteiger partial charge in [-0.2, -0.15) is 0 Å². The maximum atomic E-state index is 13.9. The molecule has 6 rings (SSSR count). The second-order valence-corrected chi connectivity index (χ2v) is 11.9. The molecule has 1 aromatic heterocycles. The van der Waals surface area contributed by atoms with E-state index in [-0.39, 0.29) is 35.8 Å². The highest BCUT2D eigenvalue weighted by Crippen LogP contribution is 2.41. The summed E-state index contributed by atoms with van der Waals surface area (Å²) >= 11 is 0. The Morgan fingerprint density at radius 2 is 1.22 bits per heavy atom. The predicted molar refractivity (Wildman–Crippen MR) is 188 cm³/mol. The second kappa shape index (κ2) is 14.7. The maximum Gasteiger partial charge on any atom is 0.252 e. The number of aromatic nitrogens is 2. The average molecular weight is 669 g/mol. The molecule has 6 N–H and O–H groups in total. The molecule has 0 bridgehead atoms. The zero-order valence-electron chi connectivity index (χ0n) is 27.0. The fourth-order valence-corrected chi connectivity index (χ4v) is 6.23. The van der Waals surface area contributed by atoms with Gasteiger partial charge in [0.15, 0.2) is 23.0 Å². The molecule has 252 valence electrons. The number of rotatable bonds is 12. The van der Waals surface area contributed by atoms with Crippen LogP contribution in [-0.4, -0.2) is 54.4 Å². The number of imidazole rings is 1. The number of nitrogens with zero attached hydrogens (tertiary/aromatic N) is 2. The third-order valence-electron chi connectivity index (χ3n) is 8.68. The molecule has 1 atom stereocenters. The van der Waals surface area contributed by atoms with Gasteiger partial charge in [0.05, 0.1) is 6.33 Å². The first kappa shape index (κ1) is 33.4. The maximum absolute atomic E-state index is 13.9. The molecule has 0 aliphatic carbocycles. The molecule has 1 heterocycles. The summed E-state index contributed by atoms with van der Waals surface area (Å²) in [5.74, 6) is -2.44. The van der Waals surface area contributed by atoms with Gasteiger partial charge in [-0.1, -0.05) is 97.1 Å². The predicted octanol–water partition coefficient (Wildman–Crippen LogP) is 5.25. The zero-order chi connectivity index (χ0) is 35.1. The highest BCUT2D eigenvalue weighted by molar-refractivity contribution is 5.98. The number of aromatic hydroxyl groups is 4. The third-order valence-corrected chi connectivity index (χ3v) is 8.68. The van der Waals surface area contributed by atoms with Crippen molar-refractivity contribution in [3.8, 4) is 23.0 Å². The molecule has 5 aromatic carbocycles. The number of carbonyl (C=O) groups excluding carboxylic acids is 2. The molecule has 0 spiro atoms. The van der Waals surface area contributed by atoms with Crippen LogP contribution in [0.2, 0.25) is 0 Å². The largest absolute Gasteiger partial charge is 0.504 e. The van der Waals surface area contributed by atoms with Gasteiger partial charge in [0.25, 0.3) is 5.91 Å². The molecule has 0 fully saturated rings. The zero-order valence-corrected chi connectivity index (χ0v) is 27.0. The van der Waals surface area contributed by atoms with E-state index in [1.54, 1.807) is 18.6 Å². The van der Waals surface area contributed by atoms with E-state index in [1.165, 1.54) is 24.3 Å². The minimum absolute atomic E-state index is 0.0376.